The van der Waals surface area contributed by atoms with Gasteiger partial charge in [-0.15, -0.1) is 0 Å². The highest BCUT2D eigenvalue weighted by atomic mass is 32.5. The smallest absolute Gasteiger partial charge is 0.319 e. The van der Waals surface area contributed by atoms with Gasteiger partial charge in [-0.25, -0.2) is 14.0 Å². The lowest BCUT2D eigenvalue weighted by molar-refractivity contribution is 0.363. The molecule has 0 aliphatic rings. The summed E-state index contributed by atoms with van der Waals surface area (Å²) >= 11 is 3.60. The van der Waals surface area contributed by atoms with E-state index in [9.17, 15) is 4.57 Å². The van der Waals surface area contributed by atoms with Gasteiger partial charge in [0, 0.05) is 0 Å². The van der Waals surface area contributed by atoms with Gasteiger partial charge in [0.25, 0.3) is 7.59 Å². The van der Waals surface area contributed by atoms with Gasteiger partial charge in [0.15, 0.2) is 0 Å². The molecule has 0 fully saturated rings. The highest BCUT2D eigenvalue weighted by Gasteiger charge is 2.30. The average Bonchev–Trinajstić information content (AvgIpc) is 1.98. The number of hydrogen-bond donors (Lipinski definition) is 3. The van der Waals surface area contributed by atoms with Crippen molar-refractivity contribution in [3.8, 4) is 0 Å². The van der Waals surface area contributed by atoms with Gasteiger partial charge in [-0.1, -0.05) is 0 Å². The molecule has 0 rings (SSSR count). The zero-order chi connectivity index (χ0) is 13.7. The van der Waals surface area contributed by atoms with Crippen molar-refractivity contribution in [1.82, 2.24) is 14.0 Å². The van der Waals surface area contributed by atoms with E-state index in [1.54, 1.807) is 14.0 Å². The van der Waals surface area contributed by atoms with Gasteiger partial charge >= 0.3 is 6.72 Å². The van der Waals surface area contributed by atoms with E-state index in [-0.39, 0.29) is 0 Å². The summed E-state index contributed by atoms with van der Waals surface area (Å²) < 4.78 is 17.3. The Labute approximate surface area is 102 Å². The van der Waals surface area contributed by atoms with Gasteiger partial charge < -0.3 is 14.7 Å². The molecule has 3 N–H and O–H groups in total. The molecule has 0 radical (unpaired) electrons. The van der Waals surface area contributed by atoms with Crippen LogP contribution in [-0.2, 0) is 16.4 Å². The second kappa shape index (κ2) is 7.16. The molecule has 0 aliphatic carbocycles. The molecule has 16 heavy (non-hydrogen) atoms. The number of hydrogen-bond acceptors (Lipinski definition) is 2. The predicted molar refractivity (Wildman–Crippen MR) is 69.6 cm³/mol. The van der Waals surface area contributed by atoms with Crippen LogP contribution < -0.4 is 0 Å². The van der Waals surface area contributed by atoms with Gasteiger partial charge in [0.05, 0.1) is 0 Å². The van der Waals surface area contributed by atoms with Gasteiger partial charge in [-0.3, -0.25) is 4.57 Å². The summed E-state index contributed by atoms with van der Waals surface area (Å²) in [6.07, 6.45) is 0. The quantitative estimate of drug-likeness (QED) is 0.625. The molecule has 0 atom stereocenters. The van der Waals surface area contributed by atoms with E-state index in [0.29, 0.717) is 0 Å². The monoisotopic (exact) mass is 293 g/mol. The minimum atomic E-state index is -3.81. The second-order valence-corrected chi connectivity index (χ2v) is 9.49. The molecule has 10 heteroatoms. The maximum Gasteiger partial charge on any atom is 0.319 e. The fourth-order valence-electron chi connectivity index (χ4n) is 1.07. The van der Waals surface area contributed by atoms with Crippen LogP contribution >= 0.6 is 14.3 Å². The predicted octanol–water partition coefficient (Wildman–Crippen LogP) is -0.0329. The van der Waals surface area contributed by atoms with Gasteiger partial charge in [-0.05, 0) is 54.1 Å². The van der Waals surface area contributed by atoms with Gasteiger partial charge in [-0.2, -0.15) is 0 Å². The fourth-order valence-corrected chi connectivity index (χ4v) is 3.22. The first-order valence-electron chi connectivity index (χ1n) is 4.25. The molecular formula is C6H21N3O4P2S. The first kappa shape index (κ1) is 19.0. The SMILES string of the molecule is CN(C)P(=O)(N(C)C)N(C)C.OP(O)(O)=S. The Kier molecular flexibility index (Phi) is 8.50. The van der Waals surface area contributed by atoms with E-state index in [4.69, 9.17) is 14.7 Å². The maximum absolute atomic E-state index is 12.1. The first-order valence-corrected chi connectivity index (χ1v) is 8.47. The highest BCUT2D eigenvalue weighted by Crippen LogP contribution is 2.50. The number of rotatable bonds is 3. The minimum Gasteiger partial charge on any atom is -0.325 e. The first-order chi connectivity index (χ1) is 6.83. The third kappa shape index (κ3) is 7.84. The Hall–Kier alpha value is 0.640. The Morgan fingerprint density at radius 1 is 0.812 bits per heavy atom. The van der Waals surface area contributed by atoms with Gasteiger partial charge in [0.2, 0.25) is 0 Å². The molecule has 0 bridgehead atoms. The highest BCUT2D eigenvalue weighted by molar-refractivity contribution is 8.06. The van der Waals surface area contributed by atoms with Crippen molar-refractivity contribution in [3.05, 3.63) is 0 Å². The van der Waals surface area contributed by atoms with Crippen molar-refractivity contribution in [2.24, 2.45) is 0 Å². The van der Waals surface area contributed by atoms with Crippen LogP contribution in [0.2, 0.25) is 0 Å². The van der Waals surface area contributed by atoms with Crippen molar-refractivity contribution >= 4 is 26.1 Å². The molecule has 0 saturated heterocycles. The summed E-state index contributed by atoms with van der Waals surface area (Å²) in [5.74, 6) is 0. The summed E-state index contributed by atoms with van der Waals surface area (Å²) in [5, 5.41) is 0. The lowest BCUT2D eigenvalue weighted by Crippen LogP contribution is -2.30. The number of nitrogens with zero attached hydrogens (tertiary/aromatic N) is 3. The van der Waals surface area contributed by atoms with Crippen molar-refractivity contribution in [2.75, 3.05) is 42.3 Å². The molecular weight excluding hydrogens is 272 g/mol. The summed E-state index contributed by atoms with van der Waals surface area (Å²) in [5.41, 5.74) is 0. The van der Waals surface area contributed by atoms with Crippen LogP contribution in [0.1, 0.15) is 0 Å². The zero-order valence-corrected chi connectivity index (χ0v) is 13.0. The van der Waals surface area contributed by atoms with Crippen LogP contribution in [0.25, 0.3) is 0 Å². The zero-order valence-electron chi connectivity index (χ0n) is 10.4. The molecule has 0 unspecified atom stereocenters. The molecule has 0 heterocycles. The fraction of sp³-hybridized carbons (Fsp3) is 1.00. The van der Waals surface area contributed by atoms with Gasteiger partial charge in [0.1, 0.15) is 0 Å². The lowest BCUT2D eigenvalue weighted by Gasteiger charge is -2.34. The topological polar surface area (TPSA) is 87.5 Å². The standard InChI is InChI=1S/C6H18N3OP.H3O3PS/c1-7(2)11(10,8(3)4)9(5)6;1-4(2,3)5/h1-6H3;(H3,1,2,3,5). The summed E-state index contributed by atoms with van der Waals surface area (Å²) in [4.78, 5) is 22.7. The lowest BCUT2D eigenvalue weighted by atomic mass is 11.2. The molecule has 0 aliphatic heterocycles. The van der Waals surface area contributed by atoms with Crippen LogP contribution in [0.5, 0.6) is 0 Å². The van der Waals surface area contributed by atoms with Crippen molar-refractivity contribution in [3.63, 3.8) is 0 Å². The van der Waals surface area contributed by atoms with Crippen LogP contribution in [0.3, 0.4) is 0 Å². The third-order valence-electron chi connectivity index (χ3n) is 1.56. The Balaban J connectivity index is 0. The molecule has 0 amide bonds. The Bertz CT molecular complexity index is 255. The third-order valence-corrected chi connectivity index (χ3v) is 4.69. The van der Waals surface area contributed by atoms with E-state index in [1.807, 2.05) is 42.3 Å². The molecule has 0 spiro atoms. The summed E-state index contributed by atoms with van der Waals surface area (Å²) in [6, 6.07) is 0. The Morgan fingerprint density at radius 2 is 0.938 bits per heavy atom. The van der Waals surface area contributed by atoms with E-state index in [1.165, 1.54) is 0 Å². The maximum atomic E-state index is 12.1. The van der Waals surface area contributed by atoms with E-state index in [2.05, 4.69) is 11.8 Å². The van der Waals surface area contributed by atoms with Crippen LogP contribution in [0, 0.1) is 0 Å². The minimum absolute atomic E-state index is 1.74. The Morgan fingerprint density at radius 3 is 0.938 bits per heavy atom. The largest absolute Gasteiger partial charge is 0.325 e. The van der Waals surface area contributed by atoms with E-state index < -0.39 is 14.3 Å². The van der Waals surface area contributed by atoms with Crippen LogP contribution in [-0.4, -0.2) is 71.0 Å². The molecule has 0 aromatic heterocycles. The van der Waals surface area contributed by atoms with Crippen molar-refractivity contribution in [2.45, 2.75) is 0 Å². The summed E-state index contributed by atoms with van der Waals surface area (Å²) in [7, 11) is 8.49. The molecule has 0 aromatic carbocycles. The van der Waals surface area contributed by atoms with E-state index >= 15 is 0 Å². The normalized spacial score (nSPS) is 13.0. The molecule has 7 nitrogen and oxygen atoms in total. The van der Waals surface area contributed by atoms with Crippen molar-refractivity contribution < 1.29 is 19.2 Å². The van der Waals surface area contributed by atoms with Crippen molar-refractivity contribution in [1.29, 1.82) is 0 Å². The molecule has 100 valence electrons. The van der Waals surface area contributed by atoms with E-state index in [0.717, 1.165) is 0 Å². The summed E-state index contributed by atoms with van der Waals surface area (Å²) in [6.45, 7) is -3.81. The molecule has 0 aromatic rings. The van der Waals surface area contributed by atoms with Crippen LogP contribution in [0.15, 0.2) is 0 Å². The second-order valence-electron chi connectivity index (χ2n) is 3.57. The average molecular weight is 293 g/mol. The molecule has 0 saturated carbocycles. The van der Waals surface area contributed by atoms with Crippen LogP contribution in [0.4, 0.5) is 0 Å².